The number of Topliss-reactive ketones (excluding diaryl/α,β-unsaturated/α-hetero) is 1. The van der Waals surface area contributed by atoms with E-state index in [1.807, 2.05) is 30.8 Å². The zero-order valence-electron chi connectivity index (χ0n) is 26.8. The van der Waals surface area contributed by atoms with E-state index in [9.17, 15) is 19.8 Å². The maximum atomic E-state index is 12.6. The molecule has 0 spiro atoms. The van der Waals surface area contributed by atoms with Crippen molar-refractivity contribution in [3.63, 3.8) is 0 Å². The minimum Gasteiger partial charge on any atom is -0.554 e. The maximum Gasteiger partial charge on any atom is 1.00 e. The largest absolute Gasteiger partial charge is 1.00 e. The van der Waals surface area contributed by atoms with Crippen molar-refractivity contribution in [3.05, 3.63) is 59.7 Å². The van der Waals surface area contributed by atoms with Crippen molar-refractivity contribution in [3.8, 4) is 11.1 Å². The van der Waals surface area contributed by atoms with E-state index in [2.05, 4.69) is 36.5 Å². The number of thioether (sulfide) groups is 1. The number of carboxylic acid groups (broad SMARTS) is 1. The molecule has 2 aromatic rings. The van der Waals surface area contributed by atoms with Gasteiger partial charge in [-0.25, -0.2) is 0 Å². The Labute approximate surface area is 287 Å². The Morgan fingerprint density at radius 1 is 1.18 bits per heavy atom. The molecule has 0 aliphatic carbocycles. The van der Waals surface area contributed by atoms with Crippen LogP contribution in [0.15, 0.2) is 48.5 Å². The molecule has 1 fully saturated rings. The summed E-state index contributed by atoms with van der Waals surface area (Å²) in [5.41, 5.74) is 10.0. The molecular weight excluding hydrogens is 595 g/mol. The second kappa shape index (κ2) is 22.7. The van der Waals surface area contributed by atoms with Gasteiger partial charge in [0.2, 0.25) is 0 Å². The maximum absolute atomic E-state index is 12.6. The summed E-state index contributed by atoms with van der Waals surface area (Å²) in [6, 6.07) is 14.9. The van der Waals surface area contributed by atoms with Gasteiger partial charge in [0.05, 0.1) is 24.9 Å². The summed E-state index contributed by atoms with van der Waals surface area (Å²) in [5, 5.41) is 32.4. The molecule has 5 N–H and O–H groups in total. The van der Waals surface area contributed by atoms with E-state index in [0.717, 1.165) is 29.1 Å². The summed E-state index contributed by atoms with van der Waals surface area (Å²) in [7, 11) is 0. The predicted octanol–water partition coefficient (Wildman–Crippen LogP) is -0.539. The number of aliphatic hydroxyl groups excluding tert-OH is 2. The second-order valence-electron chi connectivity index (χ2n) is 10.5. The monoisotopic (exact) mass is 642 g/mol. The zero-order valence-corrected chi connectivity index (χ0v) is 29.6. The van der Waals surface area contributed by atoms with Gasteiger partial charge in [0.15, 0.2) is 5.79 Å². The molecule has 1 aliphatic rings. The summed E-state index contributed by atoms with van der Waals surface area (Å²) < 4.78 is 12.0. The SMILES string of the molecule is CC(C)=O.CCSCCCO[C@]1(C)CC(O)[C@@H](N)C(C(O)CCNC(=O)c2ccc(-c3ccc(C)cc3)cc2)O1.O=C[O-].[Na+]. The van der Waals surface area contributed by atoms with Gasteiger partial charge < -0.3 is 45.4 Å². The molecule has 12 heteroatoms. The van der Waals surface area contributed by atoms with Crippen molar-refractivity contribution >= 4 is 29.9 Å². The van der Waals surface area contributed by atoms with Gasteiger partial charge in [-0.15, -0.1) is 0 Å². The third kappa shape index (κ3) is 16.0. The Balaban J connectivity index is 0.00000210. The first-order chi connectivity index (χ1) is 20.4. The van der Waals surface area contributed by atoms with Crippen molar-refractivity contribution in [2.24, 2.45) is 5.73 Å². The molecule has 44 heavy (non-hydrogen) atoms. The van der Waals surface area contributed by atoms with Gasteiger partial charge in [0.25, 0.3) is 5.91 Å². The fourth-order valence-corrected chi connectivity index (χ4v) is 4.94. The van der Waals surface area contributed by atoms with E-state index in [4.69, 9.17) is 25.1 Å². The van der Waals surface area contributed by atoms with Crippen LogP contribution in [0.4, 0.5) is 0 Å². The molecule has 240 valence electrons. The molecule has 0 saturated carbocycles. The number of hydrogen-bond donors (Lipinski definition) is 4. The summed E-state index contributed by atoms with van der Waals surface area (Å²) in [6.07, 6.45) is -1.25. The smallest absolute Gasteiger partial charge is 0.554 e. The third-order valence-corrected chi connectivity index (χ3v) is 7.46. The fourth-order valence-electron chi connectivity index (χ4n) is 4.33. The minimum absolute atomic E-state index is 0. The quantitative estimate of drug-likeness (QED) is 0.134. The Morgan fingerprint density at radius 3 is 2.23 bits per heavy atom. The number of carbonyl (C=O) groups is 3. The summed E-state index contributed by atoms with van der Waals surface area (Å²) >= 11 is 1.84. The van der Waals surface area contributed by atoms with E-state index in [1.165, 1.54) is 19.4 Å². The standard InChI is InChI=1S/C28H40N2O5S.C3H6O.CH2O2.Na/c1-4-36-17-5-16-34-28(3)18-24(32)25(29)26(35-28)23(31)14-15-30-27(33)22-12-10-21(11-13-22)20-8-6-19(2)7-9-20;1-3(2)4;2-1-3;/h6-13,23-26,31-32H,4-5,14-18,29H2,1-3H3,(H,30,33);1-2H3;1H,(H,2,3);/q;;;+1/p-1/t23?,24?,25-,26?,28+;;;/m1.../s1. The number of nitrogens with one attached hydrogen (secondary N) is 1. The summed E-state index contributed by atoms with van der Waals surface area (Å²) in [4.78, 5) is 30.3. The van der Waals surface area contributed by atoms with Crippen LogP contribution in [0.1, 0.15) is 62.9 Å². The van der Waals surface area contributed by atoms with Crippen molar-refractivity contribution < 1.29 is 68.7 Å². The number of aryl methyl sites for hydroxylation is 1. The molecule has 2 aromatic carbocycles. The first-order valence-corrected chi connectivity index (χ1v) is 15.5. The normalized spacial score (nSPS) is 21.2. The van der Waals surface area contributed by atoms with Crippen molar-refractivity contribution in [2.75, 3.05) is 24.7 Å². The molecule has 3 unspecified atom stereocenters. The average molecular weight is 643 g/mol. The average Bonchev–Trinajstić information content (AvgIpc) is 2.95. The number of benzene rings is 2. The molecule has 1 heterocycles. The summed E-state index contributed by atoms with van der Waals surface area (Å²) in [6.45, 7) is 9.25. The van der Waals surface area contributed by atoms with E-state index >= 15 is 0 Å². The molecular formula is C32H47N2NaO8S. The molecule has 0 bridgehead atoms. The topological polar surface area (TPSA) is 171 Å². The molecule has 0 radical (unpaired) electrons. The zero-order chi connectivity index (χ0) is 32.4. The molecule has 0 aromatic heterocycles. The van der Waals surface area contributed by atoms with Crippen LogP contribution >= 0.6 is 11.8 Å². The number of ether oxygens (including phenoxy) is 2. The van der Waals surface area contributed by atoms with Crippen LogP contribution in [0, 0.1) is 6.92 Å². The van der Waals surface area contributed by atoms with Gasteiger partial charge in [0, 0.05) is 25.0 Å². The van der Waals surface area contributed by atoms with Crippen LogP contribution < -0.4 is 45.7 Å². The first-order valence-electron chi connectivity index (χ1n) is 14.4. The van der Waals surface area contributed by atoms with Gasteiger partial charge in [-0.1, -0.05) is 48.9 Å². The van der Waals surface area contributed by atoms with Crippen molar-refractivity contribution in [2.45, 2.75) is 84.0 Å². The molecule has 1 saturated heterocycles. The van der Waals surface area contributed by atoms with Gasteiger partial charge in [-0.2, -0.15) is 11.8 Å². The van der Waals surface area contributed by atoms with Crippen LogP contribution in [0.2, 0.25) is 0 Å². The molecule has 10 nitrogen and oxygen atoms in total. The second-order valence-corrected chi connectivity index (χ2v) is 11.9. The number of carbonyl (C=O) groups excluding carboxylic acids is 3. The minimum atomic E-state index is -1.01. The molecule has 1 amide bonds. The number of aliphatic hydroxyl groups is 2. The van der Waals surface area contributed by atoms with E-state index in [-0.39, 0.29) is 60.6 Å². The number of nitrogens with two attached hydrogens (primary N) is 1. The van der Waals surface area contributed by atoms with E-state index < -0.39 is 36.6 Å². The van der Waals surface area contributed by atoms with Gasteiger partial charge >= 0.3 is 29.6 Å². The van der Waals surface area contributed by atoms with Crippen LogP contribution in [-0.2, 0) is 19.1 Å². The van der Waals surface area contributed by atoms with Crippen LogP contribution in [-0.4, -0.2) is 83.2 Å². The van der Waals surface area contributed by atoms with Crippen molar-refractivity contribution in [1.29, 1.82) is 0 Å². The molecule has 5 atom stereocenters. The van der Waals surface area contributed by atoms with E-state index in [1.54, 1.807) is 19.1 Å². The number of rotatable bonds is 12. The van der Waals surface area contributed by atoms with Gasteiger partial charge in [0.1, 0.15) is 11.9 Å². The molecule has 1 aliphatic heterocycles. The Hall–Kier alpha value is -1.80. The molecule has 3 rings (SSSR count). The first kappa shape index (κ1) is 42.2. The predicted molar refractivity (Wildman–Crippen MR) is 167 cm³/mol. The van der Waals surface area contributed by atoms with Gasteiger partial charge in [-0.05, 0) is 75.3 Å². The number of ketones is 1. The van der Waals surface area contributed by atoms with Crippen molar-refractivity contribution in [1.82, 2.24) is 5.32 Å². The number of amides is 1. The summed E-state index contributed by atoms with van der Waals surface area (Å²) in [5.74, 6) is 0.991. The van der Waals surface area contributed by atoms with Crippen LogP contribution in [0.25, 0.3) is 11.1 Å². The van der Waals surface area contributed by atoms with Gasteiger partial charge in [-0.3, -0.25) is 4.79 Å². The van der Waals surface area contributed by atoms with E-state index in [0.29, 0.717) is 12.2 Å². The third-order valence-electron chi connectivity index (χ3n) is 6.47. The fraction of sp³-hybridized carbons (Fsp3) is 0.531. The van der Waals surface area contributed by atoms with Crippen LogP contribution in [0.3, 0.4) is 0 Å². The number of hydrogen-bond acceptors (Lipinski definition) is 10. The van der Waals surface area contributed by atoms with Crippen LogP contribution in [0.5, 0.6) is 0 Å². The Kier molecular flexibility index (Phi) is 21.7. The Morgan fingerprint density at radius 2 is 1.70 bits per heavy atom. The Bertz CT molecular complexity index is 1100.